The molecular weight excluding hydrogens is 260 g/mol. The number of hydrogen-bond acceptors (Lipinski definition) is 5. The van der Waals surface area contributed by atoms with E-state index >= 15 is 0 Å². The highest BCUT2D eigenvalue weighted by Crippen LogP contribution is 2.42. The van der Waals surface area contributed by atoms with Crippen LogP contribution in [0.3, 0.4) is 0 Å². The molecule has 20 heavy (non-hydrogen) atoms. The van der Waals surface area contributed by atoms with E-state index in [0.717, 1.165) is 6.42 Å². The number of allylic oxidation sites excluding steroid dienone is 2. The van der Waals surface area contributed by atoms with Gasteiger partial charge in [0.15, 0.2) is 0 Å². The summed E-state index contributed by atoms with van der Waals surface area (Å²) >= 11 is 0. The quantitative estimate of drug-likeness (QED) is 0.570. The van der Waals surface area contributed by atoms with Crippen molar-refractivity contribution in [2.45, 2.75) is 39.5 Å². The minimum atomic E-state index is -0.814. The Morgan fingerprint density at radius 1 is 1.40 bits per heavy atom. The first kappa shape index (κ1) is 16.7. The molecule has 0 amide bonds. The van der Waals surface area contributed by atoms with Crippen LogP contribution in [0.4, 0.5) is 0 Å². The standard InChI is InChI=1S/C15H24O5/c1-3-19-14(18)15(11-20-12(2)17)9-5-4-7-13(15)8-6-10-16/h4,7,13,16H,3,5-6,8-11H2,1-2H3/t13-,15+/m1/s1. The van der Waals surface area contributed by atoms with Crippen molar-refractivity contribution in [1.29, 1.82) is 0 Å². The second kappa shape index (κ2) is 8.04. The van der Waals surface area contributed by atoms with Gasteiger partial charge in [-0.15, -0.1) is 0 Å². The monoisotopic (exact) mass is 284 g/mol. The van der Waals surface area contributed by atoms with Crippen molar-refractivity contribution in [3.05, 3.63) is 12.2 Å². The van der Waals surface area contributed by atoms with Gasteiger partial charge in [0.05, 0.1) is 6.61 Å². The molecule has 0 spiro atoms. The van der Waals surface area contributed by atoms with Crippen molar-refractivity contribution in [2.24, 2.45) is 11.3 Å². The Labute approximate surface area is 119 Å². The Kier molecular flexibility index (Phi) is 6.71. The van der Waals surface area contributed by atoms with Crippen molar-refractivity contribution in [2.75, 3.05) is 19.8 Å². The van der Waals surface area contributed by atoms with Crippen molar-refractivity contribution in [3.63, 3.8) is 0 Å². The van der Waals surface area contributed by atoms with E-state index in [4.69, 9.17) is 14.6 Å². The highest BCUT2D eigenvalue weighted by Gasteiger charge is 2.47. The maximum atomic E-state index is 12.4. The first-order chi connectivity index (χ1) is 9.56. The molecule has 5 heteroatoms. The average molecular weight is 284 g/mol. The summed E-state index contributed by atoms with van der Waals surface area (Å²) in [5.41, 5.74) is -0.814. The van der Waals surface area contributed by atoms with E-state index in [1.165, 1.54) is 6.92 Å². The van der Waals surface area contributed by atoms with Crippen LogP contribution in [0.5, 0.6) is 0 Å². The van der Waals surface area contributed by atoms with Gasteiger partial charge in [-0.2, -0.15) is 0 Å². The number of hydrogen-bond donors (Lipinski definition) is 1. The SMILES string of the molecule is CCOC(=O)[C@]1(COC(C)=O)CCC=C[C@@H]1CCCO. The van der Waals surface area contributed by atoms with Crippen LogP contribution in [0.25, 0.3) is 0 Å². The summed E-state index contributed by atoms with van der Waals surface area (Å²) < 4.78 is 10.3. The van der Waals surface area contributed by atoms with Crippen LogP contribution in [-0.4, -0.2) is 36.9 Å². The molecule has 2 atom stereocenters. The second-order valence-electron chi connectivity index (χ2n) is 5.10. The molecule has 0 aromatic heterocycles. The minimum Gasteiger partial charge on any atom is -0.465 e. The number of aliphatic hydroxyl groups excluding tert-OH is 1. The summed E-state index contributed by atoms with van der Waals surface area (Å²) in [6.07, 6.45) is 6.66. The van der Waals surface area contributed by atoms with E-state index in [-0.39, 0.29) is 25.1 Å². The van der Waals surface area contributed by atoms with Gasteiger partial charge in [0.1, 0.15) is 12.0 Å². The van der Waals surface area contributed by atoms with Gasteiger partial charge < -0.3 is 14.6 Å². The van der Waals surface area contributed by atoms with Gasteiger partial charge in [-0.3, -0.25) is 9.59 Å². The van der Waals surface area contributed by atoms with E-state index in [9.17, 15) is 9.59 Å². The maximum Gasteiger partial charge on any atom is 0.316 e. The molecule has 0 bridgehead atoms. The average Bonchev–Trinajstić information content (AvgIpc) is 2.43. The lowest BCUT2D eigenvalue weighted by Crippen LogP contribution is -2.45. The van der Waals surface area contributed by atoms with Crippen LogP contribution in [0.2, 0.25) is 0 Å². The molecule has 0 saturated heterocycles. The molecular formula is C15H24O5. The Balaban J connectivity index is 2.95. The van der Waals surface area contributed by atoms with Gasteiger partial charge in [0.25, 0.3) is 0 Å². The molecule has 1 aliphatic carbocycles. The van der Waals surface area contributed by atoms with E-state index in [2.05, 4.69) is 0 Å². The van der Waals surface area contributed by atoms with Crippen LogP contribution < -0.4 is 0 Å². The van der Waals surface area contributed by atoms with Gasteiger partial charge in [-0.1, -0.05) is 12.2 Å². The summed E-state index contributed by atoms with van der Waals surface area (Å²) in [6, 6.07) is 0. The highest BCUT2D eigenvalue weighted by atomic mass is 16.5. The Hall–Kier alpha value is -1.36. The number of esters is 2. The lowest BCUT2D eigenvalue weighted by atomic mass is 9.68. The van der Waals surface area contributed by atoms with Gasteiger partial charge in [0, 0.05) is 13.5 Å². The zero-order valence-corrected chi connectivity index (χ0v) is 12.3. The normalized spacial score (nSPS) is 25.2. The van der Waals surface area contributed by atoms with Crippen molar-refractivity contribution < 1.29 is 24.2 Å². The molecule has 1 N–H and O–H groups in total. The van der Waals surface area contributed by atoms with Crippen molar-refractivity contribution in [1.82, 2.24) is 0 Å². The Morgan fingerprint density at radius 3 is 2.75 bits per heavy atom. The molecule has 0 aromatic rings. The van der Waals surface area contributed by atoms with E-state index in [0.29, 0.717) is 25.9 Å². The lowest BCUT2D eigenvalue weighted by molar-refractivity contribution is -0.167. The Morgan fingerprint density at radius 2 is 2.15 bits per heavy atom. The van der Waals surface area contributed by atoms with Crippen molar-refractivity contribution in [3.8, 4) is 0 Å². The van der Waals surface area contributed by atoms with E-state index in [1.54, 1.807) is 6.92 Å². The fraction of sp³-hybridized carbons (Fsp3) is 0.733. The van der Waals surface area contributed by atoms with Gasteiger partial charge in [0.2, 0.25) is 0 Å². The predicted octanol–water partition coefficient (Wildman–Crippen LogP) is 1.84. The van der Waals surface area contributed by atoms with Crippen LogP contribution in [0.1, 0.15) is 39.5 Å². The van der Waals surface area contributed by atoms with Gasteiger partial charge in [-0.25, -0.2) is 0 Å². The summed E-state index contributed by atoms with van der Waals surface area (Å²) in [5.74, 6) is -0.778. The molecule has 1 rings (SSSR count). The molecule has 0 fully saturated rings. The molecule has 0 radical (unpaired) electrons. The summed E-state index contributed by atoms with van der Waals surface area (Å²) in [5, 5.41) is 9.00. The molecule has 0 aromatic carbocycles. The minimum absolute atomic E-state index is 0.0433. The predicted molar refractivity (Wildman–Crippen MR) is 73.9 cm³/mol. The summed E-state index contributed by atoms with van der Waals surface area (Å²) in [6.45, 7) is 3.52. The summed E-state index contributed by atoms with van der Waals surface area (Å²) in [7, 11) is 0. The number of aliphatic hydroxyl groups is 1. The second-order valence-corrected chi connectivity index (χ2v) is 5.10. The van der Waals surface area contributed by atoms with Crippen LogP contribution >= 0.6 is 0 Å². The Bertz CT molecular complexity index is 363. The van der Waals surface area contributed by atoms with Crippen LogP contribution in [0, 0.1) is 11.3 Å². The maximum absolute atomic E-state index is 12.4. The fourth-order valence-corrected chi connectivity index (χ4v) is 2.65. The molecule has 5 nitrogen and oxygen atoms in total. The van der Waals surface area contributed by atoms with Crippen LogP contribution in [-0.2, 0) is 19.1 Å². The molecule has 0 unspecified atom stereocenters. The zero-order chi connectivity index (χ0) is 15.0. The third-order valence-corrected chi connectivity index (χ3v) is 3.72. The van der Waals surface area contributed by atoms with E-state index in [1.807, 2.05) is 12.2 Å². The molecule has 114 valence electrons. The zero-order valence-electron chi connectivity index (χ0n) is 12.3. The first-order valence-electron chi connectivity index (χ1n) is 7.15. The number of rotatable bonds is 7. The molecule has 0 saturated carbocycles. The van der Waals surface area contributed by atoms with Gasteiger partial charge in [-0.05, 0) is 38.5 Å². The van der Waals surface area contributed by atoms with Gasteiger partial charge >= 0.3 is 11.9 Å². The highest BCUT2D eigenvalue weighted by molar-refractivity contribution is 5.78. The molecule has 1 aliphatic rings. The number of carbonyl (C=O) groups is 2. The number of ether oxygens (including phenoxy) is 2. The topological polar surface area (TPSA) is 72.8 Å². The van der Waals surface area contributed by atoms with Crippen LogP contribution in [0.15, 0.2) is 12.2 Å². The first-order valence-corrected chi connectivity index (χ1v) is 7.15. The third kappa shape index (κ3) is 4.07. The van der Waals surface area contributed by atoms with Crippen molar-refractivity contribution >= 4 is 11.9 Å². The molecule has 0 heterocycles. The molecule has 0 aliphatic heterocycles. The lowest BCUT2D eigenvalue weighted by Gasteiger charge is -2.38. The van der Waals surface area contributed by atoms with E-state index < -0.39 is 11.4 Å². The fourth-order valence-electron chi connectivity index (χ4n) is 2.65. The largest absolute Gasteiger partial charge is 0.465 e. The third-order valence-electron chi connectivity index (χ3n) is 3.72. The smallest absolute Gasteiger partial charge is 0.316 e. The number of carbonyl (C=O) groups excluding carboxylic acids is 2. The summed E-state index contributed by atoms with van der Waals surface area (Å²) in [4.78, 5) is 23.5.